The first-order valence-electron chi connectivity index (χ1n) is 5.30. The summed E-state index contributed by atoms with van der Waals surface area (Å²) < 4.78 is 41.0. The molecule has 0 saturated carbocycles. The molecule has 0 atom stereocenters. The number of halogens is 5. The van der Waals surface area contributed by atoms with Gasteiger partial charge in [0, 0.05) is 16.6 Å². The van der Waals surface area contributed by atoms with Crippen molar-refractivity contribution < 1.29 is 13.2 Å². The molecule has 0 saturated heterocycles. The quantitative estimate of drug-likeness (QED) is 0.809. The van der Waals surface area contributed by atoms with Gasteiger partial charge in [-0.3, -0.25) is 0 Å². The van der Waals surface area contributed by atoms with Crippen LogP contribution in [-0.2, 0) is 6.54 Å². The minimum atomic E-state index is -0.755. The highest BCUT2D eigenvalue weighted by atomic mass is 79.9. The summed E-state index contributed by atoms with van der Waals surface area (Å²) in [6, 6.07) is 6.71. The fraction of sp³-hybridized carbons (Fsp3) is 0.0769. The lowest BCUT2D eigenvalue weighted by Gasteiger charge is -2.10. The Balaban J connectivity index is 2.22. The molecule has 0 unspecified atom stereocenters. The molecule has 0 aliphatic carbocycles. The molecular formula is C13H8BrClF3N. The molecule has 0 fully saturated rings. The number of anilines is 1. The molecular weight excluding hydrogens is 343 g/mol. The zero-order chi connectivity index (χ0) is 14.0. The predicted octanol–water partition coefficient (Wildman–Crippen LogP) is 5.13. The van der Waals surface area contributed by atoms with Crippen LogP contribution in [0.3, 0.4) is 0 Å². The Morgan fingerprint density at radius 2 is 1.74 bits per heavy atom. The van der Waals surface area contributed by atoms with Gasteiger partial charge in [-0.1, -0.05) is 39.7 Å². The van der Waals surface area contributed by atoms with Crippen LogP contribution >= 0.6 is 27.5 Å². The smallest absolute Gasteiger partial charge is 0.150 e. The molecule has 0 aliphatic heterocycles. The second kappa shape index (κ2) is 5.84. The van der Waals surface area contributed by atoms with Gasteiger partial charge in [-0.05, 0) is 18.2 Å². The van der Waals surface area contributed by atoms with Gasteiger partial charge >= 0.3 is 0 Å². The fourth-order valence-electron chi connectivity index (χ4n) is 1.58. The van der Waals surface area contributed by atoms with Gasteiger partial charge in [0.1, 0.15) is 23.1 Å². The number of hydrogen-bond donors (Lipinski definition) is 1. The number of hydrogen-bond acceptors (Lipinski definition) is 1. The van der Waals surface area contributed by atoms with Crippen molar-refractivity contribution >= 4 is 33.2 Å². The first-order valence-corrected chi connectivity index (χ1v) is 6.47. The van der Waals surface area contributed by atoms with E-state index in [1.54, 1.807) is 6.07 Å². The van der Waals surface area contributed by atoms with Crippen LogP contribution in [0.4, 0.5) is 18.9 Å². The van der Waals surface area contributed by atoms with Crippen molar-refractivity contribution in [3.8, 4) is 0 Å². The molecule has 0 bridgehead atoms. The monoisotopic (exact) mass is 349 g/mol. The van der Waals surface area contributed by atoms with E-state index in [0.29, 0.717) is 4.47 Å². The summed E-state index contributed by atoms with van der Waals surface area (Å²) in [7, 11) is 0. The van der Waals surface area contributed by atoms with E-state index in [1.807, 2.05) is 0 Å². The van der Waals surface area contributed by atoms with Gasteiger partial charge in [0.15, 0.2) is 0 Å². The summed E-state index contributed by atoms with van der Waals surface area (Å²) in [6.45, 7) is -0.0676. The van der Waals surface area contributed by atoms with Crippen LogP contribution in [0.1, 0.15) is 5.56 Å². The Morgan fingerprint density at radius 3 is 2.37 bits per heavy atom. The molecule has 19 heavy (non-hydrogen) atoms. The Hall–Kier alpha value is -1.20. The summed E-state index contributed by atoms with van der Waals surface area (Å²) in [5.41, 5.74) is -0.0724. The third-order valence-electron chi connectivity index (χ3n) is 2.49. The van der Waals surface area contributed by atoms with Crippen molar-refractivity contribution in [2.45, 2.75) is 6.54 Å². The SMILES string of the molecule is Fc1cc(Br)cc(F)c1NCc1cccc(Cl)c1F. The van der Waals surface area contributed by atoms with Gasteiger partial charge in [0.2, 0.25) is 0 Å². The number of benzene rings is 2. The maximum atomic E-state index is 13.6. The molecule has 2 aromatic carbocycles. The van der Waals surface area contributed by atoms with Gasteiger partial charge in [-0.15, -0.1) is 0 Å². The van der Waals surface area contributed by atoms with Crippen LogP contribution < -0.4 is 5.32 Å². The lowest BCUT2D eigenvalue weighted by molar-refractivity contribution is 0.584. The summed E-state index contributed by atoms with van der Waals surface area (Å²) in [5.74, 6) is -2.11. The topological polar surface area (TPSA) is 12.0 Å². The summed E-state index contributed by atoms with van der Waals surface area (Å²) in [6.07, 6.45) is 0. The van der Waals surface area contributed by atoms with E-state index in [9.17, 15) is 13.2 Å². The highest BCUT2D eigenvalue weighted by Crippen LogP contribution is 2.25. The van der Waals surface area contributed by atoms with E-state index in [1.165, 1.54) is 12.1 Å². The lowest BCUT2D eigenvalue weighted by Crippen LogP contribution is -2.05. The highest BCUT2D eigenvalue weighted by molar-refractivity contribution is 9.10. The van der Waals surface area contributed by atoms with Gasteiger partial charge in [-0.25, -0.2) is 13.2 Å². The van der Waals surface area contributed by atoms with Crippen LogP contribution in [0.15, 0.2) is 34.8 Å². The minimum Gasteiger partial charge on any atom is -0.376 e. The second-order valence-electron chi connectivity index (χ2n) is 3.81. The molecule has 1 nitrogen and oxygen atoms in total. The summed E-state index contributed by atoms with van der Waals surface area (Å²) in [5, 5.41) is 2.49. The van der Waals surface area contributed by atoms with Gasteiger partial charge < -0.3 is 5.32 Å². The highest BCUT2D eigenvalue weighted by Gasteiger charge is 2.12. The Labute approximate surface area is 121 Å². The average molecular weight is 351 g/mol. The van der Waals surface area contributed by atoms with Crippen molar-refractivity contribution in [1.29, 1.82) is 0 Å². The minimum absolute atomic E-state index is 0.0314. The lowest BCUT2D eigenvalue weighted by atomic mass is 10.2. The maximum absolute atomic E-state index is 13.6. The largest absolute Gasteiger partial charge is 0.376 e. The molecule has 100 valence electrons. The molecule has 0 spiro atoms. The molecule has 2 rings (SSSR count). The van der Waals surface area contributed by atoms with Crippen LogP contribution in [0.5, 0.6) is 0 Å². The van der Waals surface area contributed by atoms with Crippen LogP contribution in [0.25, 0.3) is 0 Å². The number of rotatable bonds is 3. The third kappa shape index (κ3) is 3.22. The molecule has 0 amide bonds. The van der Waals surface area contributed by atoms with E-state index < -0.39 is 17.5 Å². The van der Waals surface area contributed by atoms with Crippen LogP contribution in [0.2, 0.25) is 5.02 Å². The average Bonchev–Trinajstić information content (AvgIpc) is 2.33. The van der Waals surface area contributed by atoms with E-state index >= 15 is 0 Å². The molecule has 6 heteroatoms. The summed E-state index contributed by atoms with van der Waals surface area (Å²) in [4.78, 5) is 0. The zero-order valence-electron chi connectivity index (χ0n) is 9.48. The molecule has 0 aliphatic rings. The fourth-order valence-corrected chi connectivity index (χ4v) is 2.18. The maximum Gasteiger partial charge on any atom is 0.150 e. The number of nitrogens with one attached hydrogen (secondary N) is 1. The molecule has 1 N–H and O–H groups in total. The summed E-state index contributed by atoms with van der Waals surface area (Å²) >= 11 is 8.60. The van der Waals surface area contributed by atoms with Crippen LogP contribution in [0, 0.1) is 17.5 Å². The van der Waals surface area contributed by atoms with Crippen molar-refractivity contribution in [1.82, 2.24) is 0 Å². The van der Waals surface area contributed by atoms with E-state index in [-0.39, 0.29) is 22.8 Å². The molecule has 2 aromatic rings. The first kappa shape index (κ1) is 14.2. The normalized spacial score (nSPS) is 10.6. The van der Waals surface area contributed by atoms with Crippen molar-refractivity contribution in [2.24, 2.45) is 0 Å². The predicted molar refractivity (Wildman–Crippen MR) is 72.8 cm³/mol. The Morgan fingerprint density at radius 1 is 1.11 bits per heavy atom. The Kier molecular flexibility index (Phi) is 4.37. The standard InChI is InChI=1S/C13H8BrClF3N/c14-8-4-10(16)13(11(17)5-8)19-6-7-2-1-3-9(15)12(7)18/h1-5,19H,6H2. The van der Waals surface area contributed by atoms with Crippen molar-refractivity contribution in [3.63, 3.8) is 0 Å². The molecule has 0 radical (unpaired) electrons. The molecule has 0 heterocycles. The van der Waals surface area contributed by atoms with E-state index in [0.717, 1.165) is 12.1 Å². The third-order valence-corrected chi connectivity index (χ3v) is 3.24. The van der Waals surface area contributed by atoms with Crippen molar-refractivity contribution in [2.75, 3.05) is 5.32 Å². The second-order valence-corrected chi connectivity index (χ2v) is 5.13. The first-order chi connectivity index (χ1) is 8.99. The van der Waals surface area contributed by atoms with Gasteiger partial charge in [0.25, 0.3) is 0 Å². The van der Waals surface area contributed by atoms with Crippen molar-refractivity contribution in [3.05, 3.63) is 62.8 Å². The molecule has 0 aromatic heterocycles. The zero-order valence-corrected chi connectivity index (χ0v) is 11.8. The van der Waals surface area contributed by atoms with E-state index in [4.69, 9.17) is 11.6 Å². The Bertz CT molecular complexity index is 596. The van der Waals surface area contributed by atoms with Gasteiger partial charge in [0.05, 0.1) is 5.02 Å². The van der Waals surface area contributed by atoms with E-state index in [2.05, 4.69) is 21.2 Å². The van der Waals surface area contributed by atoms with Crippen LogP contribution in [-0.4, -0.2) is 0 Å². The van der Waals surface area contributed by atoms with Gasteiger partial charge in [-0.2, -0.15) is 0 Å².